The maximum Gasteiger partial charge on any atom is 0.0702 e. The number of ether oxygens (including phenoxy) is 1. The van der Waals surface area contributed by atoms with Crippen molar-refractivity contribution in [3.8, 4) is 0 Å². The van der Waals surface area contributed by atoms with E-state index in [-0.39, 0.29) is 0 Å². The van der Waals surface area contributed by atoms with Gasteiger partial charge in [0.05, 0.1) is 6.10 Å². The fraction of sp³-hybridized carbons (Fsp3) is 1.00. The molecule has 2 saturated heterocycles. The summed E-state index contributed by atoms with van der Waals surface area (Å²) < 4.78 is 5.66. The second-order valence-corrected chi connectivity index (χ2v) is 5.71. The van der Waals surface area contributed by atoms with Crippen molar-refractivity contribution < 1.29 is 4.74 Å². The van der Waals surface area contributed by atoms with Crippen molar-refractivity contribution in [2.45, 2.75) is 37.1 Å². The molecule has 2 fully saturated rings. The van der Waals surface area contributed by atoms with Crippen LogP contribution in [-0.4, -0.2) is 42.1 Å². The highest BCUT2D eigenvalue weighted by molar-refractivity contribution is 9.09. The zero-order valence-electron chi connectivity index (χ0n) is 8.92. The van der Waals surface area contributed by atoms with Crippen molar-refractivity contribution in [3.05, 3.63) is 0 Å². The smallest absolute Gasteiger partial charge is 0.0702 e. The molecular formula is C11H20BrNO. The van der Waals surface area contributed by atoms with Gasteiger partial charge < -0.3 is 4.74 Å². The Morgan fingerprint density at radius 1 is 1.43 bits per heavy atom. The molecule has 3 heteroatoms. The van der Waals surface area contributed by atoms with Crippen LogP contribution < -0.4 is 0 Å². The summed E-state index contributed by atoms with van der Waals surface area (Å²) in [5.74, 6) is 0.844. The van der Waals surface area contributed by atoms with Gasteiger partial charge in [-0.15, -0.1) is 0 Å². The molecule has 2 rings (SSSR count). The molecule has 0 bridgehead atoms. The van der Waals surface area contributed by atoms with Gasteiger partial charge in [-0.3, -0.25) is 4.90 Å². The Kier molecular flexibility index (Phi) is 3.86. The minimum absolute atomic E-state index is 0.519. The summed E-state index contributed by atoms with van der Waals surface area (Å²) in [6.45, 7) is 6.88. The normalized spacial score (nSPS) is 39.4. The standard InChI is InChI=1S/C11H20BrNO/c1-2-9-6-13(8-11(9)12)7-10-4-3-5-14-10/h9-11H,2-8H2,1H3. The van der Waals surface area contributed by atoms with Crippen LogP contribution in [0, 0.1) is 5.92 Å². The summed E-state index contributed by atoms with van der Waals surface area (Å²) >= 11 is 3.77. The Bertz CT molecular complexity index is 182. The predicted molar refractivity (Wildman–Crippen MR) is 61.9 cm³/mol. The zero-order valence-corrected chi connectivity index (χ0v) is 10.5. The molecule has 0 N–H and O–H groups in total. The molecule has 2 aliphatic rings. The van der Waals surface area contributed by atoms with Gasteiger partial charge in [0.2, 0.25) is 0 Å². The van der Waals surface area contributed by atoms with Crippen molar-refractivity contribution in [3.63, 3.8) is 0 Å². The molecule has 2 heterocycles. The van der Waals surface area contributed by atoms with E-state index in [1.165, 1.54) is 32.4 Å². The second-order valence-electron chi connectivity index (χ2n) is 4.54. The van der Waals surface area contributed by atoms with Gasteiger partial charge in [0, 0.05) is 31.1 Å². The molecule has 0 aromatic rings. The first kappa shape index (κ1) is 10.9. The van der Waals surface area contributed by atoms with Crippen LogP contribution in [0.25, 0.3) is 0 Å². The fourth-order valence-corrected chi connectivity index (χ4v) is 3.48. The molecule has 14 heavy (non-hydrogen) atoms. The molecule has 2 aliphatic heterocycles. The van der Waals surface area contributed by atoms with Gasteiger partial charge in [0.25, 0.3) is 0 Å². The van der Waals surface area contributed by atoms with Gasteiger partial charge >= 0.3 is 0 Å². The van der Waals surface area contributed by atoms with Crippen LogP contribution in [0.15, 0.2) is 0 Å². The second kappa shape index (κ2) is 4.95. The van der Waals surface area contributed by atoms with E-state index in [0.717, 1.165) is 19.1 Å². The highest BCUT2D eigenvalue weighted by Gasteiger charge is 2.31. The van der Waals surface area contributed by atoms with Crippen LogP contribution in [0.4, 0.5) is 0 Å². The third kappa shape index (κ3) is 2.50. The Balaban J connectivity index is 1.77. The molecule has 0 aromatic carbocycles. The van der Waals surface area contributed by atoms with Crippen LogP contribution >= 0.6 is 15.9 Å². The van der Waals surface area contributed by atoms with Crippen LogP contribution in [-0.2, 0) is 4.74 Å². The molecule has 3 unspecified atom stereocenters. The maximum absolute atomic E-state index is 5.66. The van der Waals surface area contributed by atoms with Gasteiger partial charge in [-0.1, -0.05) is 29.3 Å². The molecular weight excluding hydrogens is 242 g/mol. The minimum Gasteiger partial charge on any atom is -0.377 e. The van der Waals surface area contributed by atoms with Crippen molar-refractivity contribution >= 4 is 15.9 Å². The highest BCUT2D eigenvalue weighted by Crippen LogP contribution is 2.27. The Hall–Kier alpha value is 0.400. The summed E-state index contributed by atoms with van der Waals surface area (Å²) in [7, 11) is 0. The average Bonchev–Trinajstić information content (AvgIpc) is 2.76. The van der Waals surface area contributed by atoms with Crippen LogP contribution in [0.2, 0.25) is 0 Å². The molecule has 0 saturated carbocycles. The van der Waals surface area contributed by atoms with E-state index in [4.69, 9.17) is 4.74 Å². The lowest BCUT2D eigenvalue weighted by molar-refractivity contribution is 0.0796. The topological polar surface area (TPSA) is 12.5 Å². The molecule has 0 aliphatic carbocycles. The van der Waals surface area contributed by atoms with Crippen LogP contribution in [0.3, 0.4) is 0 Å². The van der Waals surface area contributed by atoms with E-state index >= 15 is 0 Å². The van der Waals surface area contributed by atoms with Gasteiger partial charge in [0.15, 0.2) is 0 Å². The quantitative estimate of drug-likeness (QED) is 0.723. The van der Waals surface area contributed by atoms with Gasteiger partial charge in [-0.25, -0.2) is 0 Å². The van der Waals surface area contributed by atoms with E-state index in [1.54, 1.807) is 0 Å². The number of rotatable bonds is 3. The largest absolute Gasteiger partial charge is 0.377 e. The van der Waals surface area contributed by atoms with Crippen molar-refractivity contribution in [1.82, 2.24) is 4.90 Å². The number of nitrogens with zero attached hydrogens (tertiary/aromatic N) is 1. The Morgan fingerprint density at radius 3 is 2.86 bits per heavy atom. The first-order valence-electron chi connectivity index (χ1n) is 5.77. The van der Waals surface area contributed by atoms with Crippen molar-refractivity contribution in [2.24, 2.45) is 5.92 Å². The first-order valence-corrected chi connectivity index (χ1v) is 6.69. The van der Waals surface area contributed by atoms with E-state index < -0.39 is 0 Å². The van der Waals surface area contributed by atoms with Gasteiger partial charge in [-0.05, 0) is 18.8 Å². The van der Waals surface area contributed by atoms with Gasteiger partial charge in [-0.2, -0.15) is 0 Å². The summed E-state index contributed by atoms with van der Waals surface area (Å²) in [4.78, 5) is 3.26. The third-order valence-corrected chi connectivity index (χ3v) is 4.48. The zero-order chi connectivity index (χ0) is 9.97. The lowest BCUT2D eigenvalue weighted by Crippen LogP contribution is -2.30. The molecule has 82 valence electrons. The fourth-order valence-electron chi connectivity index (χ4n) is 2.53. The SMILES string of the molecule is CCC1CN(CC2CCCO2)CC1Br. The van der Waals surface area contributed by atoms with E-state index in [9.17, 15) is 0 Å². The summed E-state index contributed by atoms with van der Waals surface area (Å²) in [5, 5.41) is 0. The van der Waals surface area contributed by atoms with E-state index in [0.29, 0.717) is 10.9 Å². The third-order valence-electron chi connectivity index (χ3n) is 3.45. The van der Waals surface area contributed by atoms with Crippen LogP contribution in [0.1, 0.15) is 26.2 Å². The van der Waals surface area contributed by atoms with Gasteiger partial charge in [0.1, 0.15) is 0 Å². The minimum atomic E-state index is 0.519. The molecule has 0 aromatic heterocycles. The number of likely N-dealkylation sites (tertiary alicyclic amines) is 1. The number of halogens is 1. The molecule has 3 atom stereocenters. The summed E-state index contributed by atoms with van der Waals surface area (Å²) in [6.07, 6.45) is 4.33. The lowest BCUT2D eigenvalue weighted by Gasteiger charge is -2.19. The molecule has 0 radical (unpaired) electrons. The molecule has 0 amide bonds. The highest BCUT2D eigenvalue weighted by atomic mass is 79.9. The molecule has 2 nitrogen and oxygen atoms in total. The lowest BCUT2D eigenvalue weighted by atomic mass is 10.1. The monoisotopic (exact) mass is 261 g/mol. The average molecular weight is 262 g/mol. The Morgan fingerprint density at radius 2 is 2.29 bits per heavy atom. The van der Waals surface area contributed by atoms with Crippen LogP contribution in [0.5, 0.6) is 0 Å². The van der Waals surface area contributed by atoms with Crippen molar-refractivity contribution in [1.29, 1.82) is 0 Å². The van der Waals surface area contributed by atoms with Crippen molar-refractivity contribution in [2.75, 3.05) is 26.2 Å². The predicted octanol–water partition coefficient (Wildman–Crippen LogP) is 2.27. The number of hydrogen-bond donors (Lipinski definition) is 0. The Labute approximate surface area is 95.1 Å². The maximum atomic E-state index is 5.66. The molecule has 0 spiro atoms. The van der Waals surface area contributed by atoms with E-state index in [1.807, 2.05) is 0 Å². The van der Waals surface area contributed by atoms with E-state index in [2.05, 4.69) is 27.8 Å². The number of hydrogen-bond acceptors (Lipinski definition) is 2. The summed E-state index contributed by atoms with van der Waals surface area (Å²) in [5.41, 5.74) is 0. The first-order chi connectivity index (χ1) is 6.79. The summed E-state index contributed by atoms with van der Waals surface area (Å²) in [6, 6.07) is 0. The number of alkyl halides is 1.